The van der Waals surface area contributed by atoms with E-state index in [-0.39, 0.29) is 5.91 Å². The molecule has 0 bridgehead atoms. The molecular weight excluding hydrogens is 410 g/mol. The molecule has 3 aromatic heterocycles. The van der Waals surface area contributed by atoms with Crippen LogP contribution in [0.2, 0.25) is 0 Å². The Morgan fingerprint density at radius 3 is 3.03 bits per heavy atom. The third-order valence-electron chi connectivity index (χ3n) is 5.12. The molecular formula is C22H23N7OS. The highest BCUT2D eigenvalue weighted by Gasteiger charge is 2.22. The number of hydrogen-bond donors (Lipinski definition) is 2. The molecule has 0 radical (unpaired) electrons. The lowest BCUT2D eigenvalue weighted by Gasteiger charge is -2.30. The molecule has 1 aliphatic heterocycles. The monoisotopic (exact) mass is 433 g/mol. The van der Waals surface area contributed by atoms with Crippen molar-refractivity contribution < 1.29 is 4.79 Å². The fourth-order valence-electron chi connectivity index (χ4n) is 3.60. The molecule has 0 aliphatic carbocycles. The number of rotatable bonds is 7. The largest absolute Gasteiger partial charge is 0.345 e. The minimum Gasteiger partial charge on any atom is -0.345 e. The van der Waals surface area contributed by atoms with E-state index >= 15 is 0 Å². The van der Waals surface area contributed by atoms with Crippen molar-refractivity contribution in [3.8, 4) is 6.07 Å². The van der Waals surface area contributed by atoms with Crippen LogP contribution in [0.1, 0.15) is 40.6 Å². The molecule has 0 saturated carbocycles. The van der Waals surface area contributed by atoms with Gasteiger partial charge in [-0.3, -0.25) is 14.7 Å². The number of pyridine rings is 2. The van der Waals surface area contributed by atoms with Crippen molar-refractivity contribution in [2.45, 2.75) is 25.3 Å². The van der Waals surface area contributed by atoms with Gasteiger partial charge >= 0.3 is 0 Å². The van der Waals surface area contributed by atoms with Gasteiger partial charge in [-0.1, -0.05) is 12.1 Å². The molecule has 1 atom stereocenters. The van der Waals surface area contributed by atoms with Crippen LogP contribution in [0, 0.1) is 11.3 Å². The number of likely N-dealkylation sites (tertiary alicyclic amines) is 1. The summed E-state index contributed by atoms with van der Waals surface area (Å²) in [7, 11) is 0. The molecule has 1 fully saturated rings. The number of piperidine rings is 1. The third-order valence-corrected chi connectivity index (χ3v) is 5.87. The Balaban J connectivity index is 1.37. The zero-order valence-corrected chi connectivity index (χ0v) is 17.8. The van der Waals surface area contributed by atoms with E-state index in [1.807, 2.05) is 36.4 Å². The molecule has 31 heavy (non-hydrogen) atoms. The fraction of sp³-hybridized carbons (Fsp3) is 0.318. The number of amides is 1. The second-order valence-electron chi connectivity index (χ2n) is 7.35. The van der Waals surface area contributed by atoms with Crippen molar-refractivity contribution in [3.63, 3.8) is 0 Å². The maximum absolute atomic E-state index is 12.4. The van der Waals surface area contributed by atoms with Gasteiger partial charge in [-0.25, -0.2) is 9.97 Å². The summed E-state index contributed by atoms with van der Waals surface area (Å²) in [6.07, 6.45) is 3.83. The van der Waals surface area contributed by atoms with E-state index in [0.717, 1.165) is 37.3 Å². The van der Waals surface area contributed by atoms with E-state index < -0.39 is 0 Å². The molecule has 3 aromatic rings. The number of nitriles is 1. The minimum atomic E-state index is -0.239. The Morgan fingerprint density at radius 1 is 1.26 bits per heavy atom. The molecule has 0 spiro atoms. The molecule has 0 unspecified atom stereocenters. The number of carbonyl (C=O) groups excluding carboxylic acids is 1. The number of carbonyl (C=O) groups is 1. The zero-order valence-electron chi connectivity index (χ0n) is 17.0. The second-order valence-corrected chi connectivity index (χ2v) is 8.20. The highest BCUT2D eigenvalue weighted by atomic mass is 32.1. The molecule has 1 aliphatic rings. The maximum Gasteiger partial charge on any atom is 0.271 e. The molecule has 8 nitrogen and oxygen atoms in total. The standard InChI is InChI=1S/C22H23N7OS/c23-9-12-29-11-4-5-16(14-29)18-7-3-8-20(26-18)28-22-27-19(15-31-22)21(30)25-13-17-6-1-2-10-24-17/h1-3,6-8,10,15-16H,4-5,11-14H2,(H,25,30)(H,26,27,28)/t16-/m0/s1. The zero-order chi connectivity index (χ0) is 21.5. The molecule has 158 valence electrons. The third kappa shape index (κ3) is 5.63. The second kappa shape index (κ2) is 10.1. The molecule has 9 heteroatoms. The van der Waals surface area contributed by atoms with Crippen LogP contribution in [0.25, 0.3) is 0 Å². The Labute approximate surface area is 185 Å². The van der Waals surface area contributed by atoms with Crippen LogP contribution >= 0.6 is 11.3 Å². The van der Waals surface area contributed by atoms with Crippen molar-refractivity contribution in [1.82, 2.24) is 25.2 Å². The first kappa shape index (κ1) is 20.9. The number of aromatic nitrogens is 3. The van der Waals surface area contributed by atoms with Gasteiger partial charge < -0.3 is 10.6 Å². The van der Waals surface area contributed by atoms with Crippen LogP contribution < -0.4 is 10.6 Å². The Kier molecular flexibility index (Phi) is 6.82. The van der Waals surface area contributed by atoms with Gasteiger partial charge in [-0.2, -0.15) is 5.26 Å². The number of nitrogens with one attached hydrogen (secondary N) is 2. The Hall–Kier alpha value is -3.35. The van der Waals surface area contributed by atoms with Gasteiger partial charge in [-0.05, 0) is 43.7 Å². The van der Waals surface area contributed by atoms with E-state index in [1.54, 1.807) is 11.6 Å². The number of anilines is 2. The smallest absolute Gasteiger partial charge is 0.271 e. The number of thiazole rings is 1. The summed E-state index contributed by atoms with van der Waals surface area (Å²) < 4.78 is 0. The van der Waals surface area contributed by atoms with Gasteiger partial charge in [0.15, 0.2) is 5.13 Å². The summed E-state index contributed by atoms with van der Waals surface area (Å²) in [5, 5.41) is 17.3. The lowest BCUT2D eigenvalue weighted by Crippen LogP contribution is -2.34. The summed E-state index contributed by atoms with van der Waals surface area (Å²) in [4.78, 5) is 27.9. The van der Waals surface area contributed by atoms with Crippen LogP contribution in [-0.2, 0) is 6.54 Å². The molecule has 4 heterocycles. The van der Waals surface area contributed by atoms with Crippen LogP contribution in [-0.4, -0.2) is 45.4 Å². The summed E-state index contributed by atoms with van der Waals surface area (Å²) in [5.41, 5.74) is 2.16. The van der Waals surface area contributed by atoms with Crippen LogP contribution in [0.4, 0.5) is 10.9 Å². The van der Waals surface area contributed by atoms with Gasteiger partial charge in [0, 0.05) is 29.7 Å². The first-order valence-electron chi connectivity index (χ1n) is 10.2. The summed E-state index contributed by atoms with van der Waals surface area (Å²) >= 11 is 1.36. The Morgan fingerprint density at radius 2 is 2.19 bits per heavy atom. The Bertz CT molecular complexity index is 1060. The van der Waals surface area contributed by atoms with Gasteiger partial charge in [0.05, 0.1) is 24.9 Å². The summed E-state index contributed by atoms with van der Waals surface area (Å²) in [6, 6.07) is 13.7. The minimum absolute atomic E-state index is 0.239. The predicted molar refractivity (Wildman–Crippen MR) is 119 cm³/mol. The molecule has 0 aromatic carbocycles. The van der Waals surface area contributed by atoms with Crippen molar-refractivity contribution in [3.05, 3.63) is 65.1 Å². The SMILES string of the molecule is N#CCN1CCC[C@H](c2cccc(Nc3nc(C(=O)NCc4ccccn4)cs3)n2)C1. The molecule has 1 amide bonds. The van der Waals surface area contributed by atoms with E-state index in [1.165, 1.54) is 11.3 Å². The first-order valence-corrected chi connectivity index (χ1v) is 11.1. The van der Waals surface area contributed by atoms with Crippen LogP contribution in [0.5, 0.6) is 0 Å². The van der Waals surface area contributed by atoms with E-state index in [2.05, 4.69) is 31.6 Å². The quantitative estimate of drug-likeness (QED) is 0.551. The molecule has 4 rings (SSSR count). The first-order chi connectivity index (χ1) is 15.2. The average molecular weight is 434 g/mol. The maximum atomic E-state index is 12.4. The van der Waals surface area contributed by atoms with Gasteiger partial charge in [0.1, 0.15) is 11.5 Å². The lowest BCUT2D eigenvalue weighted by molar-refractivity contribution is 0.0946. The van der Waals surface area contributed by atoms with Gasteiger partial charge in [-0.15, -0.1) is 11.3 Å². The normalized spacial score (nSPS) is 16.4. The van der Waals surface area contributed by atoms with Crippen LogP contribution in [0.3, 0.4) is 0 Å². The van der Waals surface area contributed by atoms with Crippen molar-refractivity contribution in [1.29, 1.82) is 5.26 Å². The van der Waals surface area contributed by atoms with Crippen molar-refractivity contribution >= 4 is 28.2 Å². The summed E-state index contributed by atoms with van der Waals surface area (Å²) in [5.74, 6) is 0.772. The van der Waals surface area contributed by atoms with E-state index in [4.69, 9.17) is 10.2 Å². The predicted octanol–water partition coefficient (Wildman–Crippen LogP) is 3.31. The molecule has 2 N–H and O–H groups in total. The lowest BCUT2D eigenvalue weighted by atomic mass is 9.94. The van der Waals surface area contributed by atoms with Crippen molar-refractivity contribution in [2.75, 3.05) is 25.0 Å². The highest BCUT2D eigenvalue weighted by molar-refractivity contribution is 7.14. The van der Waals surface area contributed by atoms with Gasteiger partial charge in [0.2, 0.25) is 0 Å². The van der Waals surface area contributed by atoms with Crippen LogP contribution in [0.15, 0.2) is 48.0 Å². The highest BCUT2D eigenvalue weighted by Crippen LogP contribution is 2.27. The summed E-state index contributed by atoms with van der Waals surface area (Å²) in [6.45, 7) is 2.63. The number of nitrogens with zero attached hydrogens (tertiary/aromatic N) is 5. The fourth-order valence-corrected chi connectivity index (χ4v) is 4.30. The molecule has 1 saturated heterocycles. The van der Waals surface area contributed by atoms with Gasteiger partial charge in [0.25, 0.3) is 5.91 Å². The topological polar surface area (TPSA) is 107 Å². The number of hydrogen-bond acceptors (Lipinski definition) is 8. The van der Waals surface area contributed by atoms with Crippen molar-refractivity contribution in [2.24, 2.45) is 0 Å². The average Bonchev–Trinajstić information content (AvgIpc) is 3.27. The van der Waals surface area contributed by atoms with E-state index in [0.29, 0.717) is 35.7 Å². The van der Waals surface area contributed by atoms with E-state index in [9.17, 15) is 4.79 Å².